The molecule has 0 fully saturated rings. The van der Waals surface area contributed by atoms with Gasteiger partial charge in [0.15, 0.2) is 0 Å². The number of nitrogens with zero attached hydrogens (tertiary/aromatic N) is 1. The number of carbonyl (C=O) groups excluding carboxylic acids is 2. The Morgan fingerprint density at radius 2 is 1.81 bits per heavy atom. The number of unbranched alkanes of at least 4 members (excludes halogenated alkanes) is 5. The summed E-state index contributed by atoms with van der Waals surface area (Å²) in [6, 6.07) is 3.67. The van der Waals surface area contributed by atoms with Crippen LogP contribution in [0.5, 0.6) is 0 Å². The van der Waals surface area contributed by atoms with Crippen LogP contribution >= 0.6 is 22.9 Å². The van der Waals surface area contributed by atoms with E-state index in [9.17, 15) is 9.59 Å². The van der Waals surface area contributed by atoms with Crippen LogP contribution in [-0.4, -0.2) is 23.3 Å². The van der Waals surface area contributed by atoms with Gasteiger partial charge in [0, 0.05) is 11.4 Å². The second-order valence-electron chi connectivity index (χ2n) is 5.20. The molecule has 114 valence electrons. The summed E-state index contributed by atoms with van der Waals surface area (Å²) in [5.41, 5.74) is 0.364. The highest BCUT2D eigenvalue weighted by molar-refractivity contribution is 7.11. The fourth-order valence-electron chi connectivity index (χ4n) is 2.43. The standard InChI is InChI=1S/C16H20ClNO2S/c1-2-3-4-5-6-7-10-18-15(19)13(14(17)16(18)20)12-9-8-11-21-12/h8-9,11H,2-7,10H2,1H3. The number of carbonyl (C=O) groups is 2. The molecular weight excluding hydrogens is 306 g/mol. The molecule has 0 aliphatic carbocycles. The topological polar surface area (TPSA) is 37.4 Å². The van der Waals surface area contributed by atoms with Gasteiger partial charge in [-0.25, -0.2) is 0 Å². The molecule has 1 aliphatic rings. The van der Waals surface area contributed by atoms with Gasteiger partial charge in [-0.3, -0.25) is 14.5 Å². The van der Waals surface area contributed by atoms with Gasteiger partial charge in [0.1, 0.15) is 5.03 Å². The van der Waals surface area contributed by atoms with E-state index < -0.39 is 0 Å². The number of hydrogen-bond acceptors (Lipinski definition) is 3. The summed E-state index contributed by atoms with van der Waals surface area (Å²) < 4.78 is 0. The summed E-state index contributed by atoms with van der Waals surface area (Å²) in [5.74, 6) is -0.598. The van der Waals surface area contributed by atoms with Crippen molar-refractivity contribution in [2.75, 3.05) is 6.54 Å². The molecule has 0 bridgehead atoms. The molecule has 3 nitrogen and oxygen atoms in total. The van der Waals surface area contributed by atoms with Crippen molar-refractivity contribution < 1.29 is 9.59 Å². The van der Waals surface area contributed by atoms with Gasteiger partial charge in [-0.15, -0.1) is 11.3 Å². The zero-order chi connectivity index (χ0) is 15.2. The number of halogens is 1. The molecule has 0 aromatic carbocycles. The Labute approximate surface area is 134 Å². The lowest BCUT2D eigenvalue weighted by Crippen LogP contribution is -2.32. The zero-order valence-corrected chi connectivity index (χ0v) is 13.8. The Bertz CT molecular complexity index is 536. The SMILES string of the molecule is CCCCCCCCN1C(=O)C(Cl)=C(c2cccs2)C1=O. The molecule has 0 atom stereocenters. The predicted molar refractivity (Wildman–Crippen MR) is 87.2 cm³/mol. The predicted octanol–water partition coefficient (Wildman–Crippen LogP) is 4.43. The third-order valence-electron chi connectivity index (χ3n) is 3.61. The van der Waals surface area contributed by atoms with E-state index in [4.69, 9.17) is 11.6 Å². The van der Waals surface area contributed by atoms with Crippen LogP contribution < -0.4 is 0 Å². The maximum absolute atomic E-state index is 12.4. The van der Waals surface area contributed by atoms with Crippen molar-refractivity contribution in [2.45, 2.75) is 45.4 Å². The third kappa shape index (κ3) is 3.74. The van der Waals surface area contributed by atoms with Crippen LogP contribution in [0.3, 0.4) is 0 Å². The first-order valence-electron chi connectivity index (χ1n) is 7.46. The first-order chi connectivity index (χ1) is 10.2. The quantitative estimate of drug-likeness (QED) is 0.524. The van der Waals surface area contributed by atoms with E-state index >= 15 is 0 Å². The maximum atomic E-state index is 12.4. The average molecular weight is 326 g/mol. The molecule has 1 aromatic heterocycles. The summed E-state index contributed by atoms with van der Waals surface area (Å²) in [6.07, 6.45) is 6.73. The molecular formula is C16H20ClNO2S. The van der Waals surface area contributed by atoms with Crippen molar-refractivity contribution in [1.29, 1.82) is 0 Å². The van der Waals surface area contributed by atoms with Crippen LogP contribution in [0.1, 0.15) is 50.3 Å². The van der Waals surface area contributed by atoms with Gasteiger partial charge in [-0.1, -0.05) is 56.7 Å². The Morgan fingerprint density at radius 1 is 1.10 bits per heavy atom. The largest absolute Gasteiger partial charge is 0.274 e. The molecule has 0 spiro atoms. The van der Waals surface area contributed by atoms with Crippen molar-refractivity contribution in [1.82, 2.24) is 4.90 Å². The van der Waals surface area contributed by atoms with E-state index in [0.717, 1.165) is 24.1 Å². The first kappa shape index (κ1) is 16.2. The Morgan fingerprint density at radius 3 is 2.48 bits per heavy atom. The summed E-state index contributed by atoms with van der Waals surface area (Å²) in [6.45, 7) is 2.65. The fourth-order valence-corrected chi connectivity index (χ4v) is 3.54. The second-order valence-corrected chi connectivity index (χ2v) is 6.52. The second kappa shape index (κ2) is 7.76. The van der Waals surface area contributed by atoms with Crippen LogP contribution in [0.25, 0.3) is 5.57 Å². The molecule has 5 heteroatoms. The van der Waals surface area contributed by atoms with Crippen LogP contribution in [0.15, 0.2) is 22.5 Å². The lowest BCUT2D eigenvalue weighted by atomic mass is 10.1. The molecule has 0 saturated heterocycles. The van der Waals surface area contributed by atoms with Crippen LogP contribution in [0, 0.1) is 0 Å². The Balaban J connectivity index is 1.90. The minimum Gasteiger partial charge on any atom is -0.274 e. The van der Waals surface area contributed by atoms with Gasteiger partial charge in [0.05, 0.1) is 5.57 Å². The van der Waals surface area contributed by atoms with Crippen LogP contribution in [0.4, 0.5) is 0 Å². The van der Waals surface area contributed by atoms with E-state index in [1.807, 2.05) is 17.5 Å². The van der Waals surface area contributed by atoms with Crippen molar-refractivity contribution in [2.24, 2.45) is 0 Å². The summed E-state index contributed by atoms with van der Waals surface area (Å²) in [5, 5.41) is 1.94. The van der Waals surface area contributed by atoms with Gasteiger partial charge < -0.3 is 0 Å². The van der Waals surface area contributed by atoms with Crippen LogP contribution in [0.2, 0.25) is 0 Å². The van der Waals surface area contributed by atoms with E-state index in [1.54, 1.807) is 0 Å². The summed E-state index contributed by atoms with van der Waals surface area (Å²) in [7, 11) is 0. The third-order valence-corrected chi connectivity index (χ3v) is 4.85. The van der Waals surface area contributed by atoms with Crippen molar-refractivity contribution >= 4 is 40.3 Å². The molecule has 21 heavy (non-hydrogen) atoms. The van der Waals surface area contributed by atoms with Crippen molar-refractivity contribution in [3.8, 4) is 0 Å². The fraction of sp³-hybridized carbons (Fsp3) is 0.500. The minimum atomic E-state index is -0.348. The summed E-state index contributed by atoms with van der Waals surface area (Å²) >= 11 is 7.49. The molecule has 0 radical (unpaired) electrons. The highest BCUT2D eigenvalue weighted by Gasteiger charge is 2.37. The van der Waals surface area contributed by atoms with Gasteiger partial charge in [-0.2, -0.15) is 0 Å². The smallest absolute Gasteiger partial charge is 0.273 e. The van der Waals surface area contributed by atoms with Crippen molar-refractivity contribution in [3.63, 3.8) is 0 Å². The number of amides is 2. The number of hydrogen-bond donors (Lipinski definition) is 0. The van der Waals surface area contributed by atoms with Crippen LogP contribution in [-0.2, 0) is 9.59 Å². The molecule has 2 amide bonds. The Kier molecular flexibility index (Phi) is 6.00. The number of thiophene rings is 1. The molecule has 0 N–H and O–H groups in total. The molecule has 1 aliphatic heterocycles. The van der Waals surface area contributed by atoms with E-state index in [2.05, 4.69) is 6.92 Å². The lowest BCUT2D eigenvalue weighted by Gasteiger charge is -2.14. The normalized spacial score (nSPS) is 15.4. The van der Waals surface area contributed by atoms with Gasteiger partial charge in [0.2, 0.25) is 0 Å². The van der Waals surface area contributed by atoms with Gasteiger partial charge >= 0.3 is 0 Å². The molecule has 2 rings (SSSR count). The zero-order valence-electron chi connectivity index (χ0n) is 12.2. The monoisotopic (exact) mass is 325 g/mol. The molecule has 0 unspecified atom stereocenters. The van der Waals surface area contributed by atoms with Crippen molar-refractivity contribution in [3.05, 3.63) is 27.4 Å². The van der Waals surface area contributed by atoms with E-state index in [1.165, 1.54) is 35.5 Å². The van der Waals surface area contributed by atoms with Gasteiger partial charge in [-0.05, 0) is 17.9 Å². The minimum absolute atomic E-state index is 0.0634. The molecule has 1 aromatic rings. The highest BCUT2D eigenvalue weighted by Crippen LogP contribution is 2.34. The number of rotatable bonds is 8. The summed E-state index contributed by atoms with van der Waals surface area (Å²) in [4.78, 5) is 26.5. The maximum Gasteiger partial charge on any atom is 0.273 e. The van der Waals surface area contributed by atoms with E-state index in [0.29, 0.717) is 12.1 Å². The molecule has 0 saturated carbocycles. The average Bonchev–Trinajstić information content (AvgIpc) is 3.05. The van der Waals surface area contributed by atoms with E-state index in [-0.39, 0.29) is 16.8 Å². The van der Waals surface area contributed by atoms with Gasteiger partial charge in [0.25, 0.3) is 11.8 Å². The number of imide groups is 1. The first-order valence-corrected chi connectivity index (χ1v) is 8.72. The highest BCUT2D eigenvalue weighted by atomic mass is 35.5. The lowest BCUT2D eigenvalue weighted by molar-refractivity contribution is -0.136. The molecule has 2 heterocycles. The Hall–Kier alpha value is -1.13.